The van der Waals surface area contributed by atoms with Gasteiger partial charge in [-0.25, -0.2) is 4.39 Å². The van der Waals surface area contributed by atoms with Gasteiger partial charge in [0.05, 0.1) is 6.04 Å². The maximum absolute atomic E-state index is 12.8. The molecule has 1 N–H and O–H groups in total. The summed E-state index contributed by atoms with van der Waals surface area (Å²) in [7, 11) is 0. The Balaban J connectivity index is 1.43. The molecule has 1 aromatic carbocycles. The van der Waals surface area contributed by atoms with E-state index in [1.165, 1.54) is 24.3 Å². The van der Waals surface area contributed by atoms with Crippen molar-refractivity contribution >= 4 is 23.6 Å². The molecule has 0 aromatic heterocycles. The molecule has 3 rings (SSSR count). The molecule has 24 heavy (non-hydrogen) atoms. The molecule has 130 valence electrons. The number of ether oxygens (including phenoxy) is 1. The van der Waals surface area contributed by atoms with Crippen molar-refractivity contribution in [1.29, 1.82) is 0 Å². The average Bonchev–Trinajstić information content (AvgIpc) is 3.15. The molecule has 2 amide bonds. The van der Waals surface area contributed by atoms with Crippen molar-refractivity contribution in [3.05, 3.63) is 30.1 Å². The fraction of sp³-hybridized carbons (Fsp3) is 0.500. The number of halogens is 1. The van der Waals surface area contributed by atoms with Crippen LogP contribution in [-0.4, -0.2) is 72.1 Å². The average molecular weight is 353 g/mol. The predicted molar refractivity (Wildman–Crippen MR) is 89.3 cm³/mol. The van der Waals surface area contributed by atoms with Crippen LogP contribution in [0.2, 0.25) is 0 Å². The number of amides is 2. The Kier molecular flexibility index (Phi) is 5.57. The highest BCUT2D eigenvalue weighted by Crippen LogP contribution is 2.14. The second-order valence-electron chi connectivity index (χ2n) is 5.72. The first-order valence-electron chi connectivity index (χ1n) is 7.89. The van der Waals surface area contributed by atoms with Crippen LogP contribution < -0.4 is 10.1 Å². The molecule has 0 spiro atoms. The van der Waals surface area contributed by atoms with Crippen molar-refractivity contribution in [1.82, 2.24) is 15.1 Å². The SMILES string of the molecule is O=C(COc1ccc(F)cc1)N1CCN(C(=O)C2CSCN2)CC1. The van der Waals surface area contributed by atoms with E-state index in [0.717, 1.165) is 11.6 Å². The minimum atomic E-state index is -0.343. The Hall–Kier alpha value is -1.80. The van der Waals surface area contributed by atoms with E-state index in [1.807, 2.05) is 4.90 Å². The maximum atomic E-state index is 12.8. The van der Waals surface area contributed by atoms with E-state index in [0.29, 0.717) is 31.9 Å². The number of hydrogen-bond acceptors (Lipinski definition) is 5. The first-order chi connectivity index (χ1) is 11.6. The highest BCUT2D eigenvalue weighted by Gasteiger charge is 2.30. The smallest absolute Gasteiger partial charge is 0.260 e. The van der Waals surface area contributed by atoms with Crippen molar-refractivity contribution in [2.75, 3.05) is 44.4 Å². The summed E-state index contributed by atoms with van der Waals surface area (Å²) in [5.41, 5.74) is 0. The van der Waals surface area contributed by atoms with Crippen LogP contribution >= 0.6 is 11.8 Å². The predicted octanol–water partition coefficient (Wildman–Crippen LogP) is 0.538. The topological polar surface area (TPSA) is 61.9 Å². The van der Waals surface area contributed by atoms with E-state index in [4.69, 9.17) is 4.74 Å². The molecule has 0 aliphatic carbocycles. The lowest BCUT2D eigenvalue weighted by molar-refractivity contribution is -0.141. The van der Waals surface area contributed by atoms with Crippen LogP contribution in [0.15, 0.2) is 24.3 Å². The number of rotatable bonds is 4. The van der Waals surface area contributed by atoms with Gasteiger partial charge in [0, 0.05) is 37.8 Å². The van der Waals surface area contributed by atoms with Gasteiger partial charge in [-0.15, -0.1) is 11.8 Å². The third-order valence-electron chi connectivity index (χ3n) is 4.13. The summed E-state index contributed by atoms with van der Waals surface area (Å²) in [6.45, 7) is 2.03. The fourth-order valence-corrected chi connectivity index (χ4v) is 3.65. The zero-order valence-corrected chi connectivity index (χ0v) is 14.1. The molecule has 0 bridgehead atoms. The summed E-state index contributed by atoms with van der Waals surface area (Å²) >= 11 is 1.72. The van der Waals surface area contributed by atoms with Crippen LogP contribution in [0.4, 0.5) is 4.39 Å². The summed E-state index contributed by atoms with van der Waals surface area (Å²) in [5, 5.41) is 3.17. The van der Waals surface area contributed by atoms with Crippen molar-refractivity contribution in [3.8, 4) is 5.75 Å². The fourth-order valence-electron chi connectivity index (χ4n) is 2.72. The van der Waals surface area contributed by atoms with Crippen molar-refractivity contribution in [2.24, 2.45) is 0 Å². The van der Waals surface area contributed by atoms with E-state index < -0.39 is 0 Å². The zero-order valence-electron chi connectivity index (χ0n) is 13.2. The molecule has 2 fully saturated rings. The molecule has 0 saturated carbocycles. The first kappa shape index (κ1) is 17.0. The highest BCUT2D eigenvalue weighted by atomic mass is 32.2. The summed E-state index contributed by atoms with van der Waals surface area (Å²) in [6, 6.07) is 5.47. The Morgan fingerprint density at radius 1 is 1.17 bits per heavy atom. The van der Waals surface area contributed by atoms with Gasteiger partial charge in [0.25, 0.3) is 5.91 Å². The molecule has 1 unspecified atom stereocenters. The van der Waals surface area contributed by atoms with Crippen molar-refractivity contribution < 1.29 is 18.7 Å². The van der Waals surface area contributed by atoms with Crippen LogP contribution in [0.5, 0.6) is 5.75 Å². The Bertz CT molecular complexity index is 585. The van der Waals surface area contributed by atoms with Gasteiger partial charge in [-0.2, -0.15) is 0 Å². The van der Waals surface area contributed by atoms with Gasteiger partial charge >= 0.3 is 0 Å². The van der Waals surface area contributed by atoms with E-state index in [1.54, 1.807) is 16.7 Å². The van der Waals surface area contributed by atoms with Gasteiger partial charge in [-0.3, -0.25) is 14.9 Å². The summed E-state index contributed by atoms with van der Waals surface area (Å²) in [5.74, 6) is 1.74. The molecule has 1 atom stereocenters. The number of carbonyl (C=O) groups excluding carboxylic acids is 2. The van der Waals surface area contributed by atoms with Gasteiger partial charge in [0.1, 0.15) is 11.6 Å². The van der Waals surface area contributed by atoms with Gasteiger partial charge < -0.3 is 14.5 Å². The molecule has 2 heterocycles. The molecule has 8 heteroatoms. The summed E-state index contributed by atoms with van der Waals surface area (Å²) in [6.07, 6.45) is 0. The van der Waals surface area contributed by atoms with Gasteiger partial charge in [-0.05, 0) is 24.3 Å². The Morgan fingerprint density at radius 3 is 2.46 bits per heavy atom. The third kappa shape index (κ3) is 4.18. The minimum Gasteiger partial charge on any atom is -0.484 e. The standard InChI is InChI=1S/C16H20FN3O3S/c17-12-1-3-13(4-2-12)23-9-15(21)19-5-7-20(8-6-19)16(22)14-10-24-11-18-14/h1-4,14,18H,5-11H2. The maximum Gasteiger partial charge on any atom is 0.260 e. The molecule has 2 saturated heterocycles. The molecule has 6 nitrogen and oxygen atoms in total. The van der Waals surface area contributed by atoms with E-state index in [2.05, 4.69) is 5.32 Å². The number of thioether (sulfide) groups is 1. The molecule has 2 aliphatic heterocycles. The van der Waals surface area contributed by atoms with E-state index in [-0.39, 0.29) is 30.3 Å². The monoisotopic (exact) mass is 353 g/mol. The lowest BCUT2D eigenvalue weighted by atomic mass is 10.2. The molecular formula is C16H20FN3O3S. The number of nitrogens with one attached hydrogen (secondary N) is 1. The van der Waals surface area contributed by atoms with Crippen LogP contribution in [0.25, 0.3) is 0 Å². The molecular weight excluding hydrogens is 333 g/mol. The molecule has 2 aliphatic rings. The normalized spacial score (nSPS) is 21.0. The van der Waals surface area contributed by atoms with Crippen LogP contribution in [0.1, 0.15) is 0 Å². The summed E-state index contributed by atoms with van der Waals surface area (Å²) < 4.78 is 18.2. The van der Waals surface area contributed by atoms with Crippen LogP contribution in [-0.2, 0) is 9.59 Å². The third-order valence-corrected chi connectivity index (χ3v) is 5.07. The molecule has 1 aromatic rings. The number of piperazine rings is 1. The number of carbonyl (C=O) groups is 2. The minimum absolute atomic E-state index is 0.0829. The second kappa shape index (κ2) is 7.85. The van der Waals surface area contributed by atoms with Crippen LogP contribution in [0, 0.1) is 5.82 Å². The number of nitrogens with zero attached hydrogens (tertiary/aromatic N) is 2. The van der Waals surface area contributed by atoms with E-state index in [9.17, 15) is 14.0 Å². The van der Waals surface area contributed by atoms with Gasteiger partial charge in [0.15, 0.2) is 6.61 Å². The lowest BCUT2D eigenvalue weighted by Gasteiger charge is -2.35. The largest absolute Gasteiger partial charge is 0.484 e. The lowest BCUT2D eigenvalue weighted by Crippen LogP contribution is -2.55. The first-order valence-corrected chi connectivity index (χ1v) is 9.05. The zero-order chi connectivity index (χ0) is 16.9. The van der Waals surface area contributed by atoms with Gasteiger partial charge in [0.2, 0.25) is 5.91 Å². The van der Waals surface area contributed by atoms with Gasteiger partial charge in [-0.1, -0.05) is 0 Å². The Morgan fingerprint density at radius 2 is 1.83 bits per heavy atom. The highest BCUT2D eigenvalue weighted by molar-refractivity contribution is 7.99. The van der Waals surface area contributed by atoms with Crippen molar-refractivity contribution in [3.63, 3.8) is 0 Å². The van der Waals surface area contributed by atoms with E-state index >= 15 is 0 Å². The van der Waals surface area contributed by atoms with Crippen LogP contribution in [0.3, 0.4) is 0 Å². The van der Waals surface area contributed by atoms with Crippen molar-refractivity contribution in [2.45, 2.75) is 6.04 Å². The summed E-state index contributed by atoms with van der Waals surface area (Å²) in [4.78, 5) is 28.0. The Labute approximate surface area is 144 Å². The quantitative estimate of drug-likeness (QED) is 0.856. The number of benzene rings is 1. The molecule has 0 radical (unpaired) electrons. The second-order valence-corrected chi connectivity index (χ2v) is 6.75. The number of hydrogen-bond donors (Lipinski definition) is 1.